The number of nitrogens with zero attached hydrogens (tertiary/aromatic N) is 4. The van der Waals surface area contributed by atoms with Crippen molar-refractivity contribution in [2.24, 2.45) is 5.10 Å². The number of hydrogen-bond donors (Lipinski definition) is 1. The van der Waals surface area contributed by atoms with E-state index < -0.39 is 16.5 Å². The number of fused-ring (bicyclic) bond motifs is 1. The first-order valence-electron chi connectivity index (χ1n) is 8.95. The van der Waals surface area contributed by atoms with Crippen LogP contribution in [0.4, 0.5) is 5.69 Å². The Morgan fingerprint density at radius 2 is 2.17 bits per heavy atom. The minimum atomic E-state index is -0.701. The fraction of sp³-hybridized carbons (Fsp3) is 0.263. The van der Waals surface area contributed by atoms with E-state index in [1.165, 1.54) is 29.1 Å². The molecule has 1 N–H and O–H groups in total. The molecule has 0 bridgehead atoms. The second-order valence-electron chi connectivity index (χ2n) is 6.31. The fourth-order valence-corrected chi connectivity index (χ4v) is 2.87. The van der Waals surface area contributed by atoms with Crippen LogP contribution >= 0.6 is 0 Å². The Balaban J connectivity index is 1.82. The van der Waals surface area contributed by atoms with Gasteiger partial charge in [-0.2, -0.15) is 5.10 Å². The van der Waals surface area contributed by atoms with E-state index in [9.17, 15) is 19.7 Å². The number of nitro benzene ring substituents is 1. The lowest BCUT2D eigenvalue weighted by Crippen LogP contribution is -2.35. The smallest absolute Gasteiger partial charge is 0.345 e. The first-order valence-corrected chi connectivity index (χ1v) is 8.95. The van der Waals surface area contributed by atoms with Crippen LogP contribution in [-0.4, -0.2) is 33.3 Å². The number of hydrazone groups is 1. The van der Waals surface area contributed by atoms with Gasteiger partial charge >= 0.3 is 5.97 Å². The lowest BCUT2D eigenvalue weighted by molar-refractivity contribution is -0.384. The summed E-state index contributed by atoms with van der Waals surface area (Å²) in [5.74, 6) is -0.338. The third-order valence-corrected chi connectivity index (χ3v) is 4.34. The molecule has 150 valence electrons. The van der Waals surface area contributed by atoms with Gasteiger partial charge in [0.15, 0.2) is 5.82 Å². The SMILES string of the molecule is CCOC(=O)c1cnc2n(c1=O)C(C)CC=C2N/N=C/c1ccc([N+](=O)[O-])cc1. The highest BCUT2D eigenvalue weighted by Gasteiger charge is 2.24. The Hall–Kier alpha value is -3.82. The number of allylic oxidation sites excluding steroid dienone is 1. The molecule has 1 unspecified atom stereocenters. The number of carbonyl (C=O) groups is 1. The number of esters is 1. The normalized spacial score (nSPS) is 15.5. The molecule has 0 amide bonds. The summed E-state index contributed by atoms with van der Waals surface area (Å²) in [6, 6.07) is 5.74. The molecule has 1 aliphatic rings. The lowest BCUT2D eigenvalue weighted by atomic mass is 10.1. The Morgan fingerprint density at radius 3 is 2.83 bits per heavy atom. The third-order valence-electron chi connectivity index (χ3n) is 4.34. The molecule has 0 aliphatic carbocycles. The molecule has 1 aliphatic heterocycles. The van der Waals surface area contributed by atoms with Crippen LogP contribution in [0.15, 0.2) is 46.4 Å². The van der Waals surface area contributed by atoms with E-state index >= 15 is 0 Å². The van der Waals surface area contributed by atoms with Crippen molar-refractivity contribution in [3.8, 4) is 0 Å². The topological polar surface area (TPSA) is 129 Å². The van der Waals surface area contributed by atoms with Crippen molar-refractivity contribution >= 4 is 23.6 Å². The summed E-state index contributed by atoms with van der Waals surface area (Å²) >= 11 is 0. The number of non-ortho nitro benzene ring substituents is 1. The Kier molecular flexibility index (Phi) is 5.82. The molecule has 3 rings (SSSR count). The predicted molar refractivity (Wildman–Crippen MR) is 106 cm³/mol. The molecule has 0 radical (unpaired) electrons. The highest BCUT2D eigenvalue weighted by molar-refractivity contribution is 5.88. The summed E-state index contributed by atoms with van der Waals surface area (Å²) in [6.45, 7) is 3.69. The zero-order valence-electron chi connectivity index (χ0n) is 15.9. The van der Waals surface area contributed by atoms with Gasteiger partial charge < -0.3 is 4.74 Å². The van der Waals surface area contributed by atoms with Gasteiger partial charge in [0, 0.05) is 24.4 Å². The molecule has 1 atom stereocenters. The van der Waals surface area contributed by atoms with Crippen molar-refractivity contribution < 1.29 is 14.5 Å². The third kappa shape index (κ3) is 4.21. The number of hydrogen-bond acceptors (Lipinski definition) is 8. The predicted octanol–water partition coefficient (Wildman–Crippen LogP) is 2.26. The van der Waals surface area contributed by atoms with E-state index in [2.05, 4.69) is 15.5 Å². The second-order valence-corrected chi connectivity index (χ2v) is 6.31. The van der Waals surface area contributed by atoms with Crippen molar-refractivity contribution in [1.82, 2.24) is 15.0 Å². The molecule has 0 spiro atoms. The number of nitrogens with one attached hydrogen (secondary N) is 1. The van der Waals surface area contributed by atoms with Gasteiger partial charge in [-0.3, -0.25) is 24.9 Å². The van der Waals surface area contributed by atoms with Crippen LogP contribution in [0, 0.1) is 10.1 Å². The largest absolute Gasteiger partial charge is 0.462 e. The van der Waals surface area contributed by atoms with E-state index in [4.69, 9.17) is 4.74 Å². The number of carbonyl (C=O) groups excluding carboxylic acids is 1. The van der Waals surface area contributed by atoms with E-state index in [0.29, 0.717) is 23.5 Å². The summed E-state index contributed by atoms with van der Waals surface area (Å²) in [5.41, 5.74) is 3.44. The zero-order valence-corrected chi connectivity index (χ0v) is 15.9. The average molecular weight is 397 g/mol. The summed E-state index contributed by atoms with van der Waals surface area (Å²) < 4.78 is 6.35. The molecule has 2 aromatic rings. The van der Waals surface area contributed by atoms with Crippen molar-refractivity contribution in [3.05, 3.63) is 74.0 Å². The van der Waals surface area contributed by atoms with Crippen LogP contribution in [0.5, 0.6) is 0 Å². The maximum Gasteiger partial charge on any atom is 0.345 e. The molecule has 10 nitrogen and oxygen atoms in total. The van der Waals surface area contributed by atoms with Gasteiger partial charge in [-0.25, -0.2) is 9.78 Å². The first-order chi connectivity index (χ1) is 13.9. The molecular weight excluding hydrogens is 378 g/mol. The fourth-order valence-electron chi connectivity index (χ4n) is 2.87. The van der Waals surface area contributed by atoms with Crippen LogP contribution in [-0.2, 0) is 4.74 Å². The molecule has 1 aromatic heterocycles. The molecular formula is C19H19N5O5. The first kappa shape index (κ1) is 19.9. The zero-order chi connectivity index (χ0) is 21.0. The highest BCUT2D eigenvalue weighted by Crippen LogP contribution is 2.23. The van der Waals surface area contributed by atoms with E-state index in [-0.39, 0.29) is 23.9 Å². The van der Waals surface area contributed by atoms with Gasteiger partial charge in [-0.1, -0.05) is 6.08 Å². The molecule has 1 aromatic carbocycles. The lowest BCUT2D eigenvalue weighted by Gasteiger charge is -2.24. The van der Waals surface area contributed by atoms with Gasteiger partial charge in [0.25, 0.3) is 11.2 Å². The van der Waals surface area contributed by atoms with Gasteiger partial charge in [0.05, 0.1) is 23.4 Å². The Bertz CT molecular complexity index is 1060. The number of aromatic nitrogens is 2. The monoisotopic (exact) mass is 397 g/mol. The Morgan fingerprint density at radius 1 is 1.45 bits per heavy atom. The quantitative estimate of drug-likeness (QED) is 0.342. The van der Waals surface area contributed by atoms with E-state index in [0.717, 1.165) is 0 Å². The average Bonchev–Trinajstić information content (AvgIpc) is 2.70. The molecule has 10 heteroatoms. The summed E-state index contributed by atoms with van der Waals surface area (Å²) in [5, 5.41) is 14.8. The maximum absolute atomic E-state index is 12.7. The van der Waals surface area contributed by atoms with Gasteiger partial charge in [-0.15, -0.1) is 0 Å². The van der Waals surface area contributed by atoms with Crippen molar-refractivity contribution in [2.45, 2.75) is 26.3 Å². The standard InChI is InChI=1S/C19H19N5O5/c1-3-29-19(26)15-11-20-17-16(9-4-12(2)23(17)18(15)25)22-21-10-13-5-7-14(8-6-13)24(27)28/h5-12,22H,3-4H2,1-2H3/b21-10+. The van der Waals surface area contributed by atoms with Crippen molar-refractivity contribution in [2.75, 3.05) is 6.61 Å². The summed E-state index contributed by atoms with van der Waals surface area (Å²) in [7, 11) is 0. The van der Waals surface area contributed by atoms with Crippen LogP contribution in [0.25, 0.3) is 5.70 Å². The minimum absolute atomic E-state index is 0.00556. The van der Waals surface area contributed by atoms with E-state index in [1.807, 2.05) is 13.0 Å². The molecule has 2 heterocycles. The van der Waals surface area contributed by atoms with Crippen LogP contribution in [0.1, 0.15) is 48.1 Å². The molecule has 0 saturated carbocycles. The summed E-state index contributed by atoms with van der Waals surface area (Å²) in [6.07, 6.45) is 5.12. The van der Waals surface area contributed by atoms with Gasteiger partial charge in [0.1, 0.15) is 5.56 Å². The van der Waals surface area contributed by atoms with Crippen LogP contribution in [0.2, 0.25) is 0 Å². The molecule has 0 saturated heterocycles. The van der Waals surface area contributed by atoms with Crippen LogP contribution in [0.3, 0.4) is 0 Å². The van der Waals surface area contributed by atoms with Gasteiger partial charge in [0.2, 0.25) is 0 Å². The Labute approximate surface area is 165 Å². The molecule has 29 heavy (non-hydrogen) atoms. The second kappa shape index (κ2) is 8.46. The van der Waals surface area contributed by atoms with Crippen molar-refractivity contribution in [1.29, 1.82) is 0 Å². The number of ether oxygens (including phenoxy) is 1. The number of rotatable bonds is 6. The van der Waals surface area contributed by atoms with E-state index in [1.54, 1.807) is 19.1 Å². The van der Waals surface area contributed by atoms with Crippen LogP contribution < -0.4 is 11.0 Å². The highest BCUT2D eigenvalue weighted by atomic mass is 16.6. The minimum Gasteiger partial charge on any atom is -0.462 e. The number of benzene rings is 1. The number of nitro groups is 1. The maximum atomic E-state index is 12.7. The van der Waals surface area contributed by atoms with Crippen molar-refractivity contribution in [3.63, 3.8) is 0 Å². The molecule has 0 fully saturated rings. The van der Waals surface area contributed by atoms with Gasteiger partial charge in [-0.05, 0) is 38.0 Å². The summed E-state index contributed by atoms with van der Waals surface area (Å²) in [4.78, 5) is 39.2.